The van der Waals surface area contributed by atoms with Crippen LogP contribution in [0.25, 0.3) is 22.2 Å². The summed E-state index contributed by atoms with van der Waals surface area (Å²) in [6.07, 6.45) is 4.41. The summed E-state index contributed by atoms with van der Waals surface area (Å²) in [5.41, 5.74) is 3.26. The van der Waals surface area contributed by atoms with E-state index in [1.54, 1.807) is 25.4 Å². The lowest BCUT2D eigenvalue weighted by molar-refractivity contribution is 0.370. The Balaban J connectivity index is 1.33. The van der Waals surface area contributed by atoms with Crippen LogP contribution in [0.3, 0.4) is 0 Å². The van der Waals surface area contributed by atoms with Crippen molar-refractivity contribution in [2.45, 2.75) is 37.8 Å². The van der Waals surface area contributed by atoms with Crippen molar-refractivity contribution >= 4 is 22.2 Å². The molecule has 0 amide bonds. The summed E-state index contributed by atoms with van der Waals surface area (Å²) in [5, 5.41) is 3.64. The highest BCUT2D eigenvalue weighted by Gasteiger charge is 2.40. The van der Waals surface area contributed by atoms with Gasteiger partial charge in [-0.1, -0.05) is 12.1 Å². The summed E-state index contributed by atoms with van der Waals surface area (Å²) < 4.78 is 12.6. The van der Waals surface area contributed by atoms with Crippen LogP contribution in [0.15, 0.2) is 50.5 Å². The summed E-state index contributed by atoms with van der Waals surface area (Å²) in [4.78, 5) is 32.9. The predicted molar refractivity (Wildman–Crippen MR) is 120 cm³/mol. The van der Waals surface area contributed by atoms with E-state index in [2.05, 4.69) is 21.4 Å². The number of benzene rings is 1. The zero-order valence-corrected chi connectivity index (χ0v) is 17.8. The van der Waals surface area contributed by atoms with Crippen molar-refractivity contribution in [2.24, 2.45) is 5.92 Å². The average Bonchev–Trinajstić information content (AvgIpc) is 3.40. The molecule has 1 saturated heterocycles. The van der Waals surface area contributed by atoms with Gasteiger partial charge in [-0.3, -0.25) is 14.3 Å². The summed E-state index contributed by atoms with van der Waals surface area (Å²) >= 11 is 0. The molecule has 0 bridgehead atoms. The number of hydrogen-bond acceptors (Lipinski definition) is 6. The molecular weight excluding hydrogens is 408 g/mol. The van der Waals surface area contributed by atoms with Crippen LogP contribution in [0.1, 0.15) is 29.9 Å². The number of nitrogens with one attached hydrogen (secondary N) is 2. The highest BCUT2D eigenvalue weighted by atomic mass is 16.5. The molecule has 8 nitrogen and oxygen atoms in total. The van der Waals surface area contributed by atoms with E-state index in [1.807, 2.05) is 12.1 Å². The molecule has 4 heterocycles. The maximum Gasteiger partial charge on any atom is 0.329 e. The molecular formula is C24H24N4O4. The first kappa shape index (κ1) is 19.3. The number of rotatable bonds is 4. The number of aromatic nitrogens is 3. The van der Waals surface area contributed by atoms with Gasteiger partial charge in [0.1, 0.15) is 16.8 Å². The summed E-state index contributed by atoms with van der Waals surface area (Å²) in [6, 6.07) is 9.93. The van der Waals surface area contributed by atoms with Crippen LogP contribution in [0, 0.1) is 5.92 Å². The molecule has 32 heavy (non-hydrogen) atoms. The smallest absolute Gasteiger partial charge is 0.329 e. The van der Waals surface area contributed by atoms with Gasteiger partial charge in [-0.05, 0) is 61.1 Å². The Morgan fingerprint density at radius 2 is 2.16 bits per heavy atom. The summed E-state index contributed by atoms with van der Waals surface area (Å²) in [6.45, 7) is 1.26. The van der Waals surface area contributed by atoms with Crippen molar-refractivity contribution in [1.29, 1.82) is 0 Å². The highest BCUT2D eigenvalue weighted by molar-refractivity contribution is 5.98. The van der Waals surface area contributed by atoms with E-state index in [0.29, 0.717) is 41.4 Å². The fraction of sp³-hybridized carbons (Fsp3) is 0.375. The van der Waals surface area contributed by atoms with Crippen LogP contribution < -0.4 is 21.3 Å². The zero-order valence-electron chi connectivity index (χ0n) is 17.8. The molecule has 3 aromatic heterocycles. The molecule has 1 fully saturated rings. The molecule has 1 aliphatic heterocycles. The number of H-pyrrole nitrogens is 1. The van der Waals surface area contributed by atoms with Crippen LogP contribution in [0.2, 0.25) is 0 Å². The Labute approximate surface area is 183 Å². The van der Waals surface area contributed by atoms with Gasteiger partial charge < -0.3 is 19.5 Å². The second-order valence-electron chi connectivity index (χ2n) is 8.70. The van der Waals surface area contributed by atoms with Crippen molar-refractivity contribution < 1.29 is 9.15 Å². The van der Waals surface area contributed by atoms with E-state index in [9.17, 15) is 9.59 Å². The van der Waals surface area contributed by atoms with Gasteiger partial charge in [-0.25, -0.2) is 4.79 Å². The number of aromatic amines is 1. The number of hydrogen-bond donors (Lipinski definition) is 2. The molecule has 0 radical (unpaired) electrons. The van der Waals surface area contributed by atoms with E-state index < -0.39 is 11.2 Å². The molecule has 1 aliphatic carbocycles. The van der Waals surface area contributed by atoms with Crippen LogP contribution in [-0.4, -0.2) is 34.2 Å². The Morgan fingerprint density at radius 1 is 1.25 bits per heavy atom. The number of pyridine rings is 1. The van der Waals surface area contributed by atoms with Gasteiger partial charge in [0, 0.05) is 24.7 Å². The third kappa shape index (κ3) is 2.82. The standard InChI is InChI=1S/C24H24N4O4/c1-31-17-5-2-4-15-14(17)8-7-13-12-26-16(19(13)15)9-11-28-23(29)22-21(27-24(28)30)20-18(32-22)6-3-10-25-20/h2-6,10,13,16,19,26H,7-9,11-12H2,1H3,(H,27,30)/t13-,16?,19+/m0/s1. The zero-order chi connectivity index (χ0) is 21.8. The normalized spacial score (nSPS) is 22.2. The molecule has 1 aromatic carbocycles. The lowest BCUT2D eigenvalue weighted by atomic mass is 9.73. The quantitative estimate of drug-likeness (QED) is 0.514. The molecule has 6 rings (SSSR count). The Bertz CT molecular complexity index is 1450. The van der Waals surface area contributed by atoms with E-state index >= 15 is 0 Å². The SMILES string of the molecule is COc1cccc2c1CC[C@H]1CNC(CCn3c(=O)[nH]c4c(oc5cccnc54)c3=O)[C@@H]21. The van der Waals surface area contributed by atoms with Gasteiger partial charge >= 0.3 is 5.69 Å². The lowest BCUT2D eigenvalue weighted by Crippen LogP contribution is -2.37. The van der Waals surface area contributed by atoms with E-state index in [-0.39, 0.29) is 11.6 Å². The number of methoxy groups -OCH3 is 1. The molecule has 164 valence electrons. The first-order valence-electron chi connectivity index (χ1n) is 11.0. The van der Waals surface area contributed by atoms with Gasteiger partial charge in [-0.2, -0.15) is 0 Å². The first-order valence-corrected chi connectivity index (χ1v) is 11.0. The molecule has 0 saturated carbocycles. The van der Waals surface area contributed by atoms with E-state index in [1.165, 1.54) is 15.7 Å². The largest absolute Gasteiger partial charge is 0.496 e. The summed E-state index contributed by atoms with van der Waals surface area (Å²) in [5.74, 6) is 1.85. The third-order valence-corrected chi connectivity index (χ3v) is 7.12. The Kier molecular flexibility index (Phi) is 4.43. The molecule has 4 aromatic rings. The number of nitrogens with zero attached hydrogens (tertiary/aromatic N) is 2. The maximum absolute atomic E-state index is 13.1. The van der Waals surface area contributed by atoms with Crippen LogP contribution in [0.5, 0.6) is 5.75 Å². The van der Waals surface area contributed by atoms with Gasteiger partial charge in [0.2, 0.25) is 5.58 Å². The van der Waals surface area contributed by atoms with Gasteiger partial charge in [-0.15, -0.1) is 0 Å². The lowest BCUT2D eigenvalue weighted by Gasteiger charge is -2.32. The molecule has 1 unspecified atom stereocenters. The van der Waals surface area contributed by atoms with Crippen molar-refractivity contribution in [3.8, 4) is 5.75 Å². The van der Waals surface area contributed by atoms with Gasteiger partial charge in [0.25, 0.3) is 5.56 Å². The van der Waals surface area contributed by atoms with Crippen molar-refractivity contribution in [1.82, 2.24) is 19.9 Å². The van der Waals surface area contributed by atoms with Gasteiger partial charge in [0.05, 0.1) is 7.11 Å². The van der Waals surface area contributed by atoms with Gasteiger partial charge in [0.15, 0.2) is 5.58 Å². The minimum Gasteiger partial charge on any atom is -0.496 e. The van der Waals surface area contributed by atoms with Crippen molar-refractivity contribution in [3.63, 3.8) is 0 Å². The number of furan rings is 1. The topological polar surface area (TPSA) is 102 Å². The molecule has 0 spiro atoms. The fourth-order valence-electron chi connectivity index (χ4n) is 5.66. The monoisotopic (exact) mass is 432 g/mol. The third-order valence-electron chi connectivity index (χ3n) is 7.12. The molecule has 2 aliphatic rings. The Morgan fingerprint density at radius 3 is 3.03 bits per heavy atom. The van der Waals surface area contributed by atoms with Crippen LogP contribution in [-0.2, 0) is 13.0 Å². The van der Waals surface area contributed by atoms with Crippen molar-refractivity contribution in [3.05, 3.63) is 68.5 Å². The molecule has 2 N–H and O–H groups in total. The number of ether oxygens (including phenoxy) is 1. The number of fused-ring (bicyclic) bond motifs is 6. The predicted octanol–water partition coefficient (Wildman–Crippen LogP) is 2.55. The highest BCUT2D eigenvalue weighted by Crippen LogP contribution is 2.45. The minimum atomic E-state index is -0.434. The van der Waals surface area contributed by atoms with Crippen molar-refractivity contribution in [2.75, 3.05) is 13.7 Å². The Hall–Kier alpha value is -3.39. The first-order chi connectivity index (χ1) is 15.7. The minimum absolute atomic E-state index is 0.142. The summed E-state index contributed by atoms with van der Waals surface area (Å²) in [7, 11) is 1.72. The fourth-order valence-corrected chi connectivity index (χ4v) is 5.66. The van der Waals surface area contributed by atoms with Crippen LogP contribution in [0.4, 0.5) is 0 Å². The average molecular weight is 432 g/mol. The van der Waals surface area contributed by atoms with Crippen LogP contribution >= 0.6 is 0 Å². The second kappa shape index (κ2) is 7.34. The molecule has 3 atom stereocenters. The molecule has 8 heteroatoms. The van der Waals surface area contributed by atoms with E-state index in [4.69, 9.17) is 9.15 Å². The maximum atomic E-state index is 13.1. The second-order valence-corrected chi connectivity index (χ2v) is 8.70. The van der Waals surface area contributed by atoms with E-state index in [0.717, 1.165) is 25.1 Å².